The Labute approximate surface area is 93.0 Å². The van der Waals surface area contributed by atoms with E-state index in [0.29, 0.717) is 0 Å². The number of nitrogens with two attached hydrogens (primary N) is 1. The number of rotatable bonds is 2. The summed E-state index contributed by atoms with van der Waals surface area (Å²) in [6.07, 6.45) is -0.597. The van der Waals surface area contributed by atoms with Gasteiger partial charge in [0.15, 0.2) is 0 Å². The predicted molar refractivity (Wildman–Crippen MR) is 53.5 cm³/mol. The number of amides is 1. The normalized spacial score (nSPS) is 25.6. The van der Waals surface area contributed by atoms with E-state index >= 15 is 0 Å². The minimum Gasteiger partial charge on any atom is -0.320 e. The first-order valence-electron chi connectivity index (χ1n) is 5.12. The van der Waals surface area contributed by atoms with E-state index in [1.54, 1.807) is 19.9 Å². The number of alkyl halides is 2. The number of hydrogen-bond donors (Lipinski definition) is 1. The van der Waals surface area contributed by atoms with Gasteiger partial charge < -0.3 is 10.6 Å². The molecular weight excluding hydrogens is 216 g/mol. The molecule has 1 saturated heterocycles. The van der Waals surface area contributed by atoms with Gasteiger partial charge in [0.25, 0.3) is 5.92 Å². The second kappa shape index (κ2) is 4.34. The Morgan fingerprint density at radius 3 is 2.62 bits per heavy atom. The number of carbonyl (C=O) groups excluding carboxylic acids is 1. The van der Waals surface area contributed by atoms with Crippen molar-refractivity contribution in [3.05, 3.63) is 0 Å². The molecule has 1 aliphatic heterocycles. The maximum atomic E-state index is 13.1. The molecule has 0 spiro atoms. The van der Waals surface area contributed by atoms with E-state index in [0.717, 1.165) is 4.90 Å². The van der Waals surface area contributed by atoms with Crippen LogP contribution in [0.2, 0.25) is 0 Å². The van der Waals surface area contributed by atoms with Crippen LogP contribution in [-0.2, 0) is 4.79 Å². The molecule has 0 unspecified atom stereocenters. The van der Waals surface area contributed by atoms with Crippen molar-refractivity contribution in [2.45, 2.75) is 38.3 Å². The van der Waals surface area contributed by atoms with E-state index in [9.17, 15) is 13.6 Å². The molecule has 1 rings (SSSR count). The largest absolute Gasteiger partial charge is 0.320 e. The Morgan fingerprint density at radius 1 is 1.62 bits per heavy atom. The van der Waals surface area contributed by atoms with E-state index in [1.165, 1.54) is 0 Å². The maximum Gasteiger partial charge on any atom is 0.268 e. The lowest BCUT2D eigenvalue weighted by Crippen LogP contribution is -2.48. The third kappa shape index (κ3) is 2.47. The first kappa shape index (κ1) is 12.8. The molecule has 0 bridgehead atoms. The van der Waals surface area contributed by atoms with Gasteiger partial charge in [-0.25, -0.2) is 8.78 Å². The minimum atomic E-state index is -2.98. The molecule has 1 heterocycles. The molecule has 1 aliphatic rings. The summed E-state index contributed by atoms with van der Waals surface area (Å²) in [5.41, 5.74) is 5.60. The van der Waals surface area contributed by atoms with Gasteiger partial charge in [0, 0.05) is 6.42 Å². The molecule has 0 aromatic carbocycles. The number of hydrogen-bond acceptors (Lipinski definition) is 3. The summed E-state index contributed by atoms with van der Waals surface area (Å²) >= 11 is 0. The van der Waals surface area contributed by atoms with E-state index in [2.05, 4.69) is 0 Å². The fourth-order valence-electron chi connectivity index (χ4n) is 1.64. The Bertz CT molecular complexity index is 325. The van der Waals surface area contributed by atoms with Crippen LogP contribution in [0, 0.1) is 17.2 Å². The van der Waals surface area contributed by atoms with Crippen LogP contribution in [0.4, 0.5) is 8.78 Å². The Morgan fingerprint density at radius 2 is 2.19 bits per heavy atom. The number of likely N-dealkylation sites (tertiary alicyclic amines) is 1. The van der Waals surface area contributed by atoms with Crippen molar-refractivity contribution < 1.29 is 13.6 Å². The summed E-state index contributed by atoms with van der Waals surface area (Å²) < 4.78 is 26.1. The summed E-state index contributed by atoms with van der Waals surface area (Å²) in [7, 11) is 0. The van der Waals surface area contributed by atoms with E-state index in [1.807, 2.05) is 0 Å². The van der Waals surface area contributed by atoms with E-state index in [4.69, 9.17) is 11.0 Å². The first-order valence-corrected chi connectivity index (χ1v) is 5.12. The van der Waals surface area contributed by atoms with Crippen LogP contribution in [-0.4, -0.2) is 35.4 Å². The third-order valence-electron chi connectivity index (χ3n) is 2.71. The van der Waals surface area contributed by atoms with Crippen molar-refractivity contribution in [3.8, 4) is 6.07 Å². The zero-order chi connectivity index (χ0) is 12.5. The lowest BCUT2D eigenvalue weighted by atomic mass is 10.0. The van der Waals surface area contributed by atoms with Crippen molar-refractivity contribution in [1.29, 1.82) is 5.26 Å². The highest BCUT2D eigenvalue weighted by Gasteiger charge is 2.48. The Hall–Kier alpha value is -1.22. The van der Waals surface area contributed by atoms with Crippen LogP contribution in [0.1, 0.15) is 20.3 Å². The third-order valence-corrected chi connectivity index (χ3v) is 2.71. The van der Waals surface area contributed by atoms with Crippen molar-refractivity contribution in [2.24, 2.45) is 11.7 Å². The van der Waals surface area contributed by atoms with Crippen molar-refractivity contribution in [2.75, 3.05) is 6.54 Å². The molecule has 16 heavy (non-hydrogen) atoms. The van der Waals surface area contributed by atoms with Crippen LogP contribution >= 0.6 is 0 Å². The fraction of sp³-hybridized carbons (Fsp3) is 0.800. The van der Waals surface area contributed by atoms with Gasteiger partial charge in [-0.1, -0.05) is 13.8 Å². The maximum absolute atomic E-state index is 13.1. The molecule has 2 atom stereocenters. The number of carbonyl (C=O) groups is 1. The van der Waals surface area contributed by atoms with E-state index in [-0.39, 0.29) is 5.92 Å². The Kier molecular flexibility index (Phi) is 3.48. The van der Waals surface area contributed by atoms with Gasteiger partial charge in [-0.3, -0.25) is 4.79 Å². The van der Waals surface area contributed by atoms with Gasteiger partial charge >= 0.3 is 0 Å². The SMILES string of the molecule is CC(C)[C@@H](N)C(=O)N1CC(F)(F)C[C@H]1C#N. The summed E-state index contributed by atoms with van der Waals surface area (Å²) in [6, 6.07) is -0.178. The minimum absolute atomic E-state index is 0.138. The van der Waals surface area contributed by atoms with Crippen molar-refractivity contribution in [3.63, 3.8) is 0 Å². The first-order chi connectivity index (χ1) is 7.28. The molecular formula is C10H15F2N3O. The average molecular weight is 231 g/mol. The quantitative estimate of drug-likeness (QED) is 0.761. The number of nitriles is 1. The van der Waals surface area contributed by atoms with E-state index < -0.39 is 36.9 Å². The van der Waals surface area contributed by atoms with Crippen LogP contribution in [0.15, 0.2) is 0 Å². The lowest BCUT2D eigenvalue weighted by molar-refractivity contribution is -0.134. The van der Waals surface area contributed by atoms with Crippen LogP contribution in [0.25, 0.3) is 0 Å². The highest BCUT2D eigenvalue weighted by Crippen LogP contribution is 2.32. The van der Waals surface area contributed by atoms with Gasteiger partial charge in [0.05, 0.1) is 18.7 Å². The predicted octanol–water partition coefficient (Wildman–Crippen LogP) is 0.729. The van der Waals surface area contributed by atoms with Gasteiger partial charge in [0.1, 0.15) is 6.04 Å². The standard InChI is InChI=1S/C10H15F2N3O/c1-6(2)8(14)9(16)15-5-10(11,12)3-7(15)4-13/h6-8H,3,5,14H2,1-2H3/t7-,8+/m0/s1. The lowest BCUT2D eigenvalue weighted by Gasteiger charge is -2.24. The smallest absolute Gasteiger partial charge is 0.268 e. The molecule has 0 saturated carbocycles. The number of nitrogens with zero attached hydrogens (tertiary/aromatic N) is 2. The molecule has 0 radical (unpaired) electrons. The molecule has 6 heteroatoms. The summed E-state index contributed by atoms with van der Waals surface area (Å²) in [5.74, 6) is -3.69. The molecule has 0 aliphatic carbocycles. The van der Waals surface area contributed by atoms with Gasteiger partial charge in [-0.05, 0) is 5.92 Å². The average Bonchev–Trinajstić information content (AvgIpc) is 2.51. The summed E-state index contributed by atoms with van der Waals surface area (Å²) in [6.45, 7) is 2.76. The summed E-state index contributed by atoms with van der Waals surface area (Å²) in [4.78, 5) is 12.7. The highest BCUT2D eigenvalue weighted by atomic mass is 19.3. The second-order valence-corrected chi connectivity index (χ2v) is 4.44. The van der Waals surface area contributed by atoms with Crippen LogP contribution in [0.3, 0.4) is 0 Å². The fourth-order valence-corrected chi connectivity index (χ4v) is 1.64. The molecule has 4 nitrogen and oxygen atoms in total. The topological polar surface area (TPSA) is 70.1 Å². The zero-order valence-corrected chi connectivity index (χ0v) is 9.28. The number of halogens is 2. The molecule has 1 amide bonds. The van der Waals surface area contributed by atoms with Crippen molar-refractivity contribution >= 4 is 5.91 Å². The molecule has 0 aromatic heterocycles. The van der Waals surface area contributed by atoms with Crippen LogP contribution < -0.4 is 5.73 Å². The highest BCUT2D eigenvalue weighted by molar-refractivity contribution is 5.83. The van der Waals surface area contributed by atoms with Gasteiger partial charge in [-0.15, -0.1) is 0 Å². The molecule has 0 aromatic rings. The Balaban J connectivity index is 2.81. The monoisotopic (exact) mass is 231 g/mol. The van der Waals surface area contributed by atoms with Gasteiger partial charge in [0.2, 0.25) is 5.91 Å². The van der Waals surface area contributed by atoms with Crippen molar-refractivity contribution in [1.82, 2.24) is 4.90 Å². The second-order valence-electron chi connectivity index (χ2n) is 4.44. The molecule has 1 fully saturated rings. The molecule has 90 valence electrons. The van der Waals surface area contributed by atoms with Crippen LogP contribution in [0.5, 0.6) is 0 Å². The summed E-state index contributed by atoms with van der Waals surface area (Å²) in [5, 5.41) is 8.72. The van der Waals surface area contributed by atoms with Gasteiger partial charge in [-0.2, -0.15) is 5.26 Å². The molecule has 2 N–H and O–H groups in total. The zero-order valence-electron chi connectivity index (χ0n) is 9.28.